The van der Waals surface area contributed by atoms with Crippen molar-refractivity contribution in [1.29, 1.82) is 0 Å². The quantitative estimate of drug-likeness (QED) is 0.0104. The molecule has 17 N–H and O–H groups in total. The monoisotopic (exact) mass is 1190 g/mol. The van der Waals surface area contributed by atoms with E-state index in [0.717, 1.165) is 0 Å². The number of aromatic hydroxyl groups is 1. The van der Waals surface area contributed by atoms with Crippen LogP contribution < -0.4 is 55.3 Å². The third-order valence-electron chi connectivity index (χ3n) is 14.9. The molecule has 6 rings (SSSR count). The SMILES string of the molecule is NC(N)=NCCC[C@H](NC(=O)[C@H](Cc1ccccc1)NC(=O)[C@@H]1CCCN1C(=O)[C@H](CO)NC(=O)[C@H](Cc1ccccc1)NC(=O)CNC(=O)[C@@H]1CCCN1C(=O)[C@@H]1CCCN1C(=O)[C@@H](N)CCCN=C(N)N)C(=O)OCC(=O)c1ccc(O)cc1. The zero-order valence-corrected chi connectivity index (χ0v) is 47.9. The summed E-state index contributed by atoms with van der Waals surface area (Å²) in [6.07, 6.45) is 2.85. The molecule has 3 saturated heterocycles. The van der Waals surface area contributed by atoms with E-state index in [1.165, 1.54) is 39.0 Å². The Bertz CT molecular complexity index is 2910. The summed E-state index contributed by atoms with van der Waals surface area (Å²) in [4.78, 5) is 150. The Morgan fingerprint density at radius 2 is 1.08 bits per heavy atom. The van der Waals surface area contributed by atoms with Crippen molar-refractivity contribution in [2.24, 2.45) is 38.7 Å². The maximum Gasteiger partial charge on any atom is 0.329 e. The number of amides is 8. The van der Waals surface area contributed by atoms with Gasteiger partial charge in [0.2, 0.25) is 47.3 Å². The number of nitrogens with one attached hydrogen (secondary N) is 5. The molecule has 8 atom stereocenters. The number of nitrogens with zero attached hydrogens (tertiary/aromatic N) is 5. The minimum Gasteiger partial charge on any atom is -0.508 e. The summed E-state index contributed by atoms with van der Waals surface area (Å²) < 4.78 is 5.34. The van der Waals surface area contributed by atoms with Gasteiger partial charge in [0.05, 0.1) is 19.2 Å². The Kier molecular flexibility index (Phi) is 25.1. The molecule has 0 bridgehead atoms. The van der Waals surface area contributed by atoms with Gasteiger partial charge < -0.3 is 84.9 Å². The zero-order valence-electron chi connectivity index (χ0n) is 47.9. The molecule has 0 radical (unpaired) electrons. The number of aliphatic imine (C=N–C) groups is 2. The molecule has 3 aliphatic heterocycles. The van der Waals surface area contributed by atoms with Crippen LogP contribution in [-0.4, -0.2) is 197 Å². The Labute approximate surface area is 497 Å². The molecule has 464 valence electrons. The van der Waals surface area contributed by atoms with Crippen molar-refractivity contribution in [1.82, 2.24) is 41.3 Å². The summed E-state index contributed by atoms with van der Waals surface area (Å²) in [6, 6.07) is 13.0. The number of rotatable bonds is 30. The van der Waals surface area contributed by atoms with E-state index >= 15 is 0 Å². The van der Waals surface area contributed by atoms with Crippen LogP contribution in [0, 0.1) is 0 Å². The van der Waals surface area contributed by atoms with Crippen LogP contribution in [0.25, 0.3) is 0 Å². The molecule has 3 aliphatic rings. The molecule has 28 nitrogen and oxygen atoms in total. The fraction of sp³-hybridized carbons (Fsp3) is 0.483. The topological polar surface area (TPSA) is 445 Å². The number of hydrogen-bond donors (Lipinski definition) is 12. The molecule has 28 heteroatoms. The summed E-state index contributed by atoms with van der Waals surface area (Å²) in [6.45, 7) is -1.29. The van der Waals surface area contributed by atoms with Crippen molar-refractivity contribution >= 4 is 70.9 Å². The Morgan fingerprint density at radius 1 is 0.581 bits per heavy atom. The van der Waals surface area contributed by atoms with Crippen molar-refractivity contribution in [3.63, 3.8) is 0 Å². The lowest BCUT2D eigenvalue weighted by molar-refractivity contribution is -0.147. The summed E-state index contributed by atoms with van der Waals surface area (Å²) in [5, 5.41) is 33.4. The Morgan fingerprint density at radius 3 is 1.64 bits per heavy atom. The summed E-state index contributed by atoms with van der Waals surface area (Å²) in [5.74, 6) is -7.42. The van der Waals surface area contributed by atoms with Gasteiger partial charge in [-0.15, -0.1) is 0 Å². The molecule has 3 fully saturated rings. The first-order chi connectivity index (χ1) is 41.2. The average molecular weight is 1190 g/mol. The predicted octanol–water partition coefficient (Wildman–Crippen LogP) is -2.94. The molecule has 0 spiro atoms. The van der Waals surface area contributed by atoms with E-state index in [4.69, 9.17) is 33.4 Å². The number of hydrogen-bond acceptors (Lipinski definition) is 16. The van der Waals surface area contributed by atoms with Gasteiger partial charge in [-0.1, -0.05) is 60.7 Å². The number of esters is 1. The fourth-order valence-electron chi connectivity index (χ4n) is 10.5. The van der Waals surface area contributed by atoms with Crippen molar-refractivity contribution in [3.05, 3.63) is 102 Å². The van der Waals surface area contributed by atoms with Gasteiger partial charge in [-0.05, 0) is 99.6 Å². The predicted molar refractivity (Wildman–Crippen MR) is 314 cm³/mol. The number of carbonyl (C=O) groups is 10. The highest BCUT2D eigenvalue weighted by Gasteiger charge is 2.44. The highest BCUT2D eigenvalue weighted by Crippen LogP contribution is 2.26. The number of guanidine groups is 2. The van der Waals surface area contributed by atoms with Crippen molar-refractivity contribution < 1.29 is 62.9 Å². The highest BCUT2D eigenvalue weighted by molar-refractivity contribution is 6.00. The van der Waals surface area contributed by atoms with Crippen molar-refractivity contribution in [2.75, 3.05) is 52.5 Å². The number of benzene rings is 3. The number of phenols is 1. The van der Waals surface area contributed by atoms with Crippen LogP contribution in [0.3, 0.4) is 0 Å². The maximum absolute atomic E-state index is 14.3. The third kappa shape index (κ3) is 19.4. The van der Waals surface area contributed by atoms with E-state index in [9.17, 15) is 58.2 Å². The molecule has 86 heavy (non-hydrogen) atoms. The lowest BCUT2D eigenvalue weighted by atomic mass is 10.0. The molecule has 0 saturated carbocycles. The van der Waals surface area contributed by atoms with Gasteiger partial charge in [0, 0.05) is 51.1 Å². The van der Waals surface area contributed by atoms with Crippen LogP contribution in [0.1, 0.15) is 85.7 Å². The van der Waals surface area contributed by atoms with E-state index in [2.05, 4.69) is 36.6 Å². The number of ether oxygens (including phenoxy) is 1. The molecule has 0 unspecified atom stereocenters. The molecule has 3 aromatic carbocycles. The fourth-order valence-corrected chi connectivity index (χ4v) is 10.5. The van der Waals surface area contributed by atoms with Crippen LogP contribution in [0.5, 0.6) is 5.75 Å². The van der Waals surface area contributed by atoms with Gasteiger partial charge in [-0.2, -0.15) is 0 Å². The second-order valence-corrected chi connectivity index (χ2v) is 21.2. The van der Waals surface area contributed by atoms with Gasteiger partial charge in [0.1, 0.15) is 48.0 Å². The first-order valence-electron chi connectivity index (χ1n) is 28.7. The number of aliphatic hydroxyl groups excluding tert-OH is 1. The average Bonchev–Trinajstić information content (AvgIpc) is 2.47. The second kappa shape index (κ2) is 32.8. The van der Waals surface area contributed by atoms with E-state index in [0.29, 0.717) is 56.2 Å². The van der Waals surface area contributed by atoms with Gasteiger partial charge in [0.15, 0.2) is 24.3 Å². The van der Waals surface area contributed by atoms with Crippen LogP contribution in [-0.2, 0) is 60.7 Å². The molecule has 3 heterocycles. The summed E-state index contributed by atoms with van der Waals surface area (Å²) in [5.41, 5.74) is 29.3. The molecule has 8 amide bonds. The standard InChI is InChI=1S/C58H79N15O13/c59-39(16-7-25-64-57(60)61)53(82)73-29-11-20-46(73)55(84)72-28-9-18-44(72)51(80)66-32-48(77)67-41(30-35-12-3-1-4-13-35)49(78)70-43(33-74)54(83)71-27-10-19-45(71)52(81)69-42(31-36-14-5-2-6-15-36)50(79)68-40(17-8-26-65-58(62)63)56(85)86-34-47(76)37-21-23-38(75)24-22-37/h1-6,12-15,21-24,39-46,74-75H,7-11,16-20,25-34,59H2,(H,66,80)(H,67,77)(H,68,79)(H,69,81)(H,70,78)(H4,60,61,64)(H4,62,63,65)/t39-,40-,41-,42-,43-,44-,45-,46-/m0/s1. The number of phenolic OH excluding ortho intramolecular Hbond substituents is 1. The Hall–Kier alpha value is -9.18. The molecule has 0 aliphatic carbocycles. The minimum absolute atomic E-state index is 0.0211. The van der Waals surface area contributed by atoms with Crippen LogP contribution in [0.4, 0.5) is 0 Å². The van der Waals surface area contributed by atoms with Crippen LogP contribution in [0.15, 0.2) is 94.9 Å². The van der Waals surface area contributed by atoms with Gasteiger partial charge in [0.25, 0.3) is 0 Å². The van der Waals surface area contributed by atoms with Crippen molar-refractivity contribution in [3.8, 4) is 5.75 Å². The number of likely N-dealkylation sites (tertiary alicyclic amines) is 3. The van der Waals surface area contributed by atoms with E-state index in [1.54, 1.807) is 60.7 Å². The third-order valence-corrected chi connectivity index (χ3v) is 14.9. The van der Waals surface area contributed by atoms with Crippen LogP contribution >= 0.6 is 0 Å². The maximum atomic E-state index is 14.3. The highest BCUT2D eigenvalue weighted by atomic mass is 16.5. The minimum atomic E-state index is -1.62. The second-order valence-electron chi connectivity index (χ2n) is 21.2. The van der Waals surface area contributed by atoms with E-state index in [-0.39, 0.29) is 87.9 Å². The van der Waals surface area contributed by atoms with Gasteiger partial charge in [-0.25, -0.2) is 4.79 Å². The zero-order chi connectivity index (χ0) is 62.3. The number of nitrogens with two attached hydrogens (primary N) is 5. The largest absolute Gasteiger partial charge is 0.508 e. The van der Waals surface area contributed by atoms with Crippen LogP contribution in [0.2, 0.25) is 0 Å². The molecular formula is C58H79N15O13. The summed E-state index contributed by atoms with van der Waals surface area (Å²) >= 11 is 0. The lowest BCUT2D eigenvalue weighted by Gasteiger charge is -2.32. The van der Waals surface area contributed by atoms with Gasteiger partial charge in [-0.3, -0.25) is 53.1 Å². The smallest absolute Gasteiger partial charge is 0.329 e. The van der Waals surface area contributed by atoms with E-state index < -0.39 is 127 Å². The summed E-state index contributed by atoms with van der Waals surface area (Å²) in [7, 11) is 0. The number of aliphatic hydroxyl groups is 1. The Balaban J connectivity index is 1.09. The molecule has 0 aromatic heterocycles. The first-order valence-corrected chi connectivity index (χ1v) is 28.7. The molecular weight excluding hydrogens is 1110 g/mol. The van der Waals surface area contributed by atoms with Crippen molar-refractivity contribution in [2.45, 2.75) is 125 Å². The number of Topliss-reactive ketones (excluding diaryl/α,β-unsaturated/α-hetero) is 1. The molecule has 3 aromatic rings. The van der Waals surface area contributed by atoms with Gasteiger partial charge >= 0.3 is 5.97 Å². The van der Waals surface area contributed by atoms with E-state index in [1.807, 2.05) is 0 Å². The lowest BCUT2D eigenvalue weighted by Crippen LogP contribution is -2.60. The number of ketones is 1. The number of carbonyl (C=O) groups excluding carboxylic acids is 10. The normalized spacial score (nSPS) is 18.0. The first kappa shape index (κ1) is 66.0.